The number of ether oxygens (including phenoxy) is 1. The van der Waals surface area contributed by atoms with Crippen LogP contribution in [0.15, 0.2) is 0 Å². The van der Waals surface area contributed by atoms with Gasteiger partial charge in [0.2, 0.25) is 0 Å². The van der Waals surface area contributed by atoms with Gasteiger partial charge in [0, 0.05) is 19.7 Å². The van der Waals surface area contributed by atoms with Gasteiger partial charge in [0.15, 0.2) is 0 Å². The smallest absolute Gasteiger partial charge is 0.327 e. The summed E-state index contributed by atoms with van der Waals surface area (Å²) in [6.45, 7) is 1.76. The van der Waals surface area contributed by atoms with Crippen molar-refractivity contribution in [2.45, 2.75) is 31.8 Å². The minimum Gasteiger partial charge on any atom is -0.368 e. The lowest BCUT2D eigenvalue weighted by atomic mass is 10.2. The average Bonchev–Trinajstić information content (AvgIpc) is 3.05. The van der Waals surface area contributed by atoms with E-state index in [4.69, 9.17) is 4.74 Å². The van der Waals surface area contributed by atoms with Crippen molar-refractivity contribution in [1.82, 2.24) is 15.8 Å². The molecule has 1 atom stereocenters. The van der Waals surface area contributed by atoms with Crippen LogP contribution in [0.5, 0.6) is 0 Å². The lowest BCUT2D eigenvalue weighted by Gasteiger charge is -2.15. The maximum atomic E-state index is 11.6. The Morgan fingerprint density at radius 1 is 1.06 bits per heavy atom. The molecule has 7 heteroatoms. The van der Waals surface area contributed by atoms with Gasteiger partial charge in [-0.2, -0.15) is 0 Å². The van der Waals surface area contributed by atoms with Gasteiger partial charge in [-0.25, -0.2) is 0 Å². The lowest BCUT2D eigenvalue weighted by molar-refractivity contribution is -0.147. The number of hydrogen-bond acceptors (Lipinski definition) is 4. The largest absolute Gasteiger partial charge is 0.368 e. The van der Waals surface area contributed by atoms with Gasteiger partial charge < -0.3 is 9.64 Å². The normalized spacial score (nSPS) is 22.9. The highest BCUT2D eigenvalue weighted by molar-refractivity contribution is 6.35. The maximum Gasteiger partial charge on any atom is 0.327 e. The molecule has 1 unspecified atom stereocenters. The summed E-state index contributed by atoms with van der Waals surface area (Å²) in [6, 6.07) is 0. The number of amides is 3. The van der Waals surface area contributed by atoms with Crippen molar-refractivity contribution in [3.05, 3.63) is 0 Å². The Bertz CT molecular complexity index is 346. The summed E-state index contributed by atoms with van der Waals surface area (Å²) in [6.07, 6.45) is 2.79. The van der Waals surface area contributed by atoms with Crippen LogP contribution in [-0.2, 0) is 19.1 Å². The minimum absolute atomic E-state index is 0.407. The summed E-state index contributed by atoms with van der Waals surface area (Å²) in [5, 5.41) is 0. The fourth-order valence-corrected chi connectivity index (χ4v) is 2.10. The quantitative estimate of drug-likeness (QED) is 0.461. The molecule has 0 aromatic rings. The molecule has 0 bridgehead atoms. The predicted molar refractivity (Wildman–Crippen MR) is 61.1 cm³/mol. The zero-order valence-electron chi connectivity index (χ0n) is 10.1. The van der Waals surface area contributed by atoms with Gasteiger partial charge in [-0.3, -0.25) is 25.2 Å². The third kappa shape index (κ3) is 2.98. The standard InChI is InChI=1S/C11H17N3O4/c15-9(8-4-3-7-18-8)12-13-10(16)11(17)14-5-1-2-6-14/h8H,1-7H2,(H,12,15)(H,13,16). The first kappa shape index (κ1) is 12.8. The highest BCUT2D eigenvalue weighted by Gasteiger charge is 2.27. The van der Waals surface area contributed by atoms with Crippen molar-refractivity contribution in [3.63, 3.8) is 0 Å². The third-order valence-corrected chi connectivity index (χ3v) is 3.11. The van der Waals surface area contributed by atoms with Crippen molar-refractivity contribution >= 4 is 17.7 Å². The van der Waals surface area contributed by atoms with E-state index in [-0.39, 0.29) is 0 Å². The van der Waals surface area contributed by atoms with Crippen LogP contribution in [-0.4, -0.2) is 48.4 Å². The van der Waals surface area contributed by atoms with E-state index in [1.54, 1.807) is 0 Å². The third-order valence-electron chi connectivity index (χ3n) is 3.11. The van der Waals surface area contributed by atoms with E-state index in [9.17, 15) is 14.4 Å². The zero-order valence-corrected chi connectivity index (χ0v) is 10.1. The minimum atomic E-state index is -0.803. The van der Waals surface area contributed by atoms with Crippen LogP contribution in [0.3, 0.4) is 0 Å². The molecule has 0 aliphatic carbocycles. The summed E-state index contributed by atoms with van der Waals surface area (Å²) < 4.78 is 5.15. The van der Waals surface area contributed by atoms with Crippen LogP contribution in [0.2, 0.25) is 0 Å². The first-order valence-corrected chi connectivity index (χ1v) is 6.19. The predicted octanol–water partition coefficient (Wildman–Crippen LogP) is -1.06. The fraction of sp³-hybridized carbons (Fsp3) is 0.727. The van der Waals surface area contributed by atoms with Crippen LogP contribution in [0, 0.1) is 0 Å². The molecule has 3 amide bonds. The van der Waals surface area contributed by atoms with E-state index in [1.807, 2.05) is 0 Å². The second-order valence-electron chi connectivity index (χ2n) is 4.44. The molecule has 0 radical (unpaired) electrons. The maximum absolute atomic E-state index is 11.6. The van der Waals surface area contributed by atoms with Gasteiger partial charge in [0.25, 0.3) is 5.91 Å². The number of likely N-dealkylation sites (tertiary alicyclic amines) is 1. The molecule has 2 fully saturated rings. The Morgan fingerprint density at radius 2 is 1.78 bits per heavy atom. The molecule has 7 nitrogen and oxygen atoms in total. The number of carbonyl (C=O) groups is 3. The Hall–Kier alpha value is -1.63. The van der Waals surface area contributed by atoms with Gasteiger partial charge in [-0.15, -0.1) is 0 Å². The Labute approximate surface area is 105 Å². The molecule has 100 valence electrons. The second kappa shape index (κ2) is 5.81. The number of hydrazine groups is 1. The van der Waals surface area contributed by atoms with Crippen molar-refractivity contribution in [3.8, 4) is 0 Å². The molecule has 0 aromatic heterocycles. The summed E-state index contributed by atoms with van der Waals surface area (Å²) in [4.78, 5) is 36.1. The number of nitrogens with zero attached hydrogens (tertiary/aromatic N) is 1. The molecule has 2 aliphatic rings. The number of nitrogens with one attached hydrogen (secondary N) is 2. The Morgan fingerprint density at radius 3 is 2.39 bits per heavy atom. The molecular formula is C11H17N3O4. The van der Waals surface area contributed by atoms with Gasteiger partial charge >= 0.3 is 11.8 Å². The first-order chi connectivity index (χ1) is 8.68. The van der Waals surface area contributed by atoms with Gasteiger partial charge in [-0.05, 0) is 25.7 Å². The summed E-state index contributed by atoms with van der Waals surface area (Å²) in [5.41, 5.74) is 4.34. The van der Waals surface area contributed by atoms with E-state index < -0.39 is 23.8 Å². The van der Waals surface area contributed by atoms with Crippen LogP contribution in [0.4, 0.5) is 0 Å². The van der Waals surface area contributed by atoms with E-state index in [0.29, 0.717) is 26.1 Å². The van der Waals surface area contributed by atoms with E-state index >= 15 is 0 Å². The van der Waals surface area contributed by atoms with Crippen LogP contribution < -0.4 is 10.9 Å². The van der Waals surface area contributed by atoms with Crippen molar-refractivity contribution < 1.29 is 19.1 Å². The molecule has 2 saturated heterocycles. The molecular weight excluding hydrogens is 238 g/mol. The highest BCUT2D eigenvalue weighted by Crippen LogP contribution is 2.11. The first-order valence-electron chi connectivity index (χ1n) is 6.19. The molecule has 2 rings (SSSR count). The second-order valence-corrected chi connectivity index (χ2v) is 4.44. The van der Waals surface area contributed by atoms with Crippen LogP contribution >= 0.6 is 0 Å². The molecule has 0 saturated carbocycles. The lowest BCUT2D eigenvalue weighted by Crippen LogP contribution is -2.51. The monoisotopic (exact) mass is 255 g/mol. The molecule has 2 N–H and O–H groups in total. The number of carbonyl (C=O) groups excluding carboxylic acids is 3. The SMILES string of the molecule is O=C(NNC(=O)C1CCCO1)C(=O)N1CCCC1. The Kier molecular flexibility index (Phi) is 4.14. The summed E-state index contributed by atoms with van der Waals surface area (Å²) in [7, 11) is 0. The van der Waals surface area contributed by atoms with Gasteiger partial charge in [0.1, 0.15) is 6.10 Å². The number of rotatable bonds is 1. The molecule has 0 aromatic carbocycles. The van der Waals surface area contributed by atoms with Crippen molar-refractivity contribution in [1.29, 1.82) is 0 Å². The molecule has 18 heavy (non-hydrogen) atoms. The molecule has 2 aliphatic heterocycles. The summed E-state index contributed by atoms with van der Waals surface area (Å²) in [5.74, 6) is -1.81. The van der Waals surface area contributed by atoms with Crippen molar-refractivity contribution in [2.75, 3.05) is 19.7 Å². The topological polar surface area (TPSA) is 87.7 Å². The van der Waals surface area contributed by atoms with Gasteiger partial charge in [-0.1, -0.05) is 0 Å². The van der Waals surface area contributed by atoms with Crippen molar-refractivity contribution in [2.24, 2.45) is 0 Å². The van der Waals surface area contributed by atoms with E-state index in [0.717, 1.165) is 19.3 Å². The van der Waals surface area contributed by atoms with E-state index in [2.05, 4.69) is 10.9 Å². The summed E-state index contributed by atoms with van der Waals surface area (Å²) >= 11 is 0. The Balaban J connectivity index is 1.73. The highest BCUT2D eigenvalue weighted by atomic mass is 16.5. The zero-order chi connectivity index (χ0) is 13.0. The fourth-order valence-electron chi connectivity index (χ4n) is 2.10. The van der Waals surface area contributed by atoms with Gasteiger partial charge in [0.05, 0.1) is 0 Å². The van der Waals surface area contributed by atoms with Crippen LogP contribution in [0.25, 0.3) is 0 Å². The van der Waals surface area contributed by atoms with E-state index in [1.165, 1.54) is 4.90 Å². The number of hydrogen-bond donors (Lipinski definition) is 2. The molecule has 0 spiro atoms. The van der Waals surface area contributed by atoms with Crippen LogP contribution in [0.1, 0.15) is 25.7 Å². The average molecular weight is 255 g/mol. The molecule has 2 heterocycles.